The second-order valence-electron chi connectivity index (χ2n) is 11.2. The molecule has 2 bridgehead atoms. The standard InChI is InChI=1S/C31H35NO7/c1-6-18-8-7-9-19(14-16(2)3)39-30(38)31(5)13-12-22(34)32-26-25(31)29(37)23-20(28(26)36)15-17(4)27(35)24(23)21(33)11-10-18/h7-8,12-13,15-16,18-19,35H,6,9-11,14H2,1-5H3,(H,32,34)/t18-,19+,31+/m0/s1. The Bertz CT molecular complexity index is 1360. The van der Waals surface area contributed by atoms with Crippen LogP contribution in [-0.4, -0.2) is 40.4 Å². The quantitative estimate of drug-likeness (QED) is 0.416. The average Bonchev–Trinajstić information content (AvgIpc) is 3.01. The van der Waals surface area contributed by atoms with E-state index in [2.05, 4.69) is 5.32 Å². The molecule has 1 aromatic rings. The number of cyclic esters (lactones) is 1. The van der Waals surface area contributed by atoms with Gasteiger partial charge in [-0.2, -0.15) is 0 Å². The third-order valence-corrected chi connectivity index (χ3v) is 7.79. The normalized spacial score (nSPS) is 25.7. The van der Waals surface area contributed by atoms with E-state index in [1.807, 2.05) is 32.9 Å². The van der Waals surface area contributed by atoms with Gasteiger partial charge in [-0.05, 0) is 56.6 Å². The first kappa shape index (κ1) is 28.2. The first-order valence-electron chi connectivity index (χ1n) is 13.5. The molecular weight excluding hydrogens is 498 g/mol. The summed E-state index contributed by atoms with van der Waals surface area (Å²) in [7, 11) is 0. The number of nitrogens with one attached hydrogen (secondary N) is 1. The Morgan fingerprint density at radius 1 is 1.13 bits per heavy atom. The van der Waals surface area contributed by atoms with E-state index >= 15 is 0 Å². The Kier molecular flexibility index (Phi) is 7.77. The minimum atomic E-state index is -1.80. The number of carbonyl (C=O) groups is 5. The number of ketones is 3. The van der Waals surface area contributed by atoms with Crippen LogP contribution >= 0.6 is 0 Å². The van der Waals surface area contributed by atoms with Gasteiger partial charge in [0, 0.05) is 35.6 Å². The van der Waals surface area contributed by atoms with Gasteiger partial charge >= 0.3 is 5.97 Å². The molecule has 0 radical (unpaired) electrons. The smallest absolute Gasteiger partial charge is 0.320 e. The molecule has 1 aromatic carbocycles. The number of phenolic OH excluding ortho intramolecular Hbond substituents is 1. The Morgan fingerprint density at radius 3 is 2.51 bits per heavy atom. The maximum absolute atomic E-state index is 14.2. The number of esters is 1. The fourth-order valence-electron chi connectivity index (χ4n) is 5.55. The molecule has 8 heteroatoms. The number of amides is 1. The first-order chi connectivity index (χ1) is 18.4. The highest BCUT2D eigenvalue weighted by Crippen LogP contribution is 2.44. The van der Waals surface area contributed by atoms with Crippen molar-refractivity contribution in [1.82, 2.24) is 5.32 Å². The molecule has 0 fully saturated rings. The number of allylic oxidation sites excluding steroid dienone is 2. The number of benzene rings is 1. The number of aryl methyl sites for hydroxylation is 1. The van der Waals surface area contributed by atoms with Crippen molar-refractivity contribution >= 4 is 29.2 Å². The largest absolute Gasteiger partial charge is 0.507 e. The maximum atomic E-state index is 14.2. The molecule has 2 N–H and O–H groups in total. The van der Waals surface area contributed by atoms with Gasteiger partial charge in [-0.3, -0.25) is 24.0 Å². The number of ether oxygens (including phenoxy) is 1. The molecule has 0 spiro atoms. The lowest BCUT2D eigenvalue weighted by Gasteiger charge is -2.32. The molecule has 1 aliphatic carbocycles. The highest BCUT2D eigenvalue weighted by molar-refractivity contribution is 6.32. The lowest BCUT2D eigenvalue weighted by Crippen LogP contribution is -2.42. The van der Waals surface area contributed by atoms with Crippen LogP contribution < -0.4 is 5.32 Å². The van der Waals surface area contributed by atoms with Gasteiger partial charge in [0.25, 0.3) is 0 Å². The van der Waals surface area contributed by atoms with Crippen LogP contribution in [-0.2, 0) is 14.3 Å². The van der Waals surface area contributed by atoms with Crippen molar-refractivity contribution in [3.05, 3.63) is 63.9 Å². The zero-order chi connectivity index (χ0) is 28.6. The number of Topliss-reactive ketones (excluding diaryl/α,β-unsaturated/α-hetero) is 3. The van der Waals surface area contributed by atoms with Crippen LogP contribution in [0.1, 0.15) is 96.4 Å². The van der Waals surface area contributed by atoms with E-state index in [0.717, 1.165) is 12.5 Å². The van der Waals surface area contributed by atoms with Gasteiger partial charge in [-0.25, -0.2) is 0 Å². The highest BCUT2D eigenvalue weighted by Gasteiger charge is 2.50. The van der Waals surface area contributed by atoms with Crippen LogP contribution in [0.4, 0.5) is 0 Å². The molecule has 3 atom stereocenters. The minimum Gasteiger partial charge on any atom is -0.507 e. The number of aromatic hydroxyl groups is 1. The van der Waals surface area contributed by atoms with Gasteiger partial charge < -0.3 is 15.2 Å². The Morgan fingerprint density at radius 2 is 1.85 bits per heavy atom. The summed E-state index contributed by atoms with van der Waals surface area (Å²) in [6.07, 6.45) is 8.17. The Balaban J connectivity index is 1.99. The molecule has 2 heterocycles. The molecular formula is C31H35NO7. The molecule has 2 aliphatic heterocycles. The van der Waals surface area contributed by atoms with E-state index in [9.17, 15) is 29.1 Å². The van der Waals surface area contributed by atoms with Gasteiger partial charge in [0.1, 0.15) is 17.3 Å². The molecule has 8 nitrogen and oxygen atoms in total. The van der Waals surface area contributed by atoms with Crippen molar-refractivity contribution in [3.8, 4) is 5.75 Å². The molecule has 0 saturated carbocycles. The van der Waals surface area contributed by atoms with Crippen LogP contribution in [0.5, 0.6) is 5.75 Å². The zero-order valence-electron chi connectivity index (χ0n) is 23.1. The highest BCUT2D eigenvalue weighted by atomic mass is 16.5. The van der Waals surface area contributed by atoms with Gasteiger partial charge in [0.05, 0.1) is 11.3 Å². The van der Waals surface area contributed by atoms with Crippen LogP contribution in [0.2, 0.25) is 0 Å². The minimum absolute atomic E-state index is 0.0540. The lowest BCUT2D eigenvalue weighted by atomic mass is 9.71. The molecule has 0 saturated heterocycles. The van der Waals surface area contributed by atoms with Gasteiger partial charge in [0.2, 0.25) is 11.7 Å². The summed E-state index contributed by atoms with van der Waals surface area (Å²) >= 11 is 0. The molecule has 206 valence electrons. The second kappa shape index (κ2) is 10.8. The average molecular weight is 534 g/mol. The SMILES string of the molecule is CC[C@H]1C=CC[C@H](CC(C)C)OC(=O)[C@]2(C)C=CC(=O)NC3=C2C(=O)c2c(cc(C)c(O)c2C(=O)CC1)C3=O. The van der Waals surface area contributed by atoms with E-state index < -0.39 is 40.7 Å². The van der Waals surface area contributed by atoms with Crippen LogP contribution in [0, 0.1) is 24.2 Å². The van der Waals surface area contributed by atoms with E-state index in [4.69, 9.17) is 4.74 Å². The third-order valence-electron chi connectivity index (χ3n) is 7.79. The van der Waals surface area contributed by atoms with Crippen LogP contribution in [0.25, 0.3) is 0 Å². The fraction of sp³-hybridized carbons (Fsp3) is 0.452. The zero-order valence-corrected chi connectivity index (χ0v) is 23.1. The van der Waals surface area contributed by atoms with Crippen molar-refractivity contribution in [3.63, 3.8) is 0 Å². The summed E-state index contributed by atoms with van der Waals surface area (Å²) in [4.78, 5) is 68.0. The summed E-state index contributed by atoms with van der Waals surface area (Å²) in [5.74, 6) is -3.48. The Hall–Kier alpha value is -3.81. The maximum Gasteiger partial charge on any atom is 0.320 e. The van der Waals surface area contributed by atoms with Crippen LogP contribution in [0.15, 0.2) is 41.6 Å². The number of carbonyl (C=O) groups excluding carboxylic acids is 5. The monoisotopic (exact) mass is 533 g/mol. The second-order valence-corrected chi connectivity index (χ2v) is 11.2. The number of hydrogen-bond acceptors (Lipinski definition) is 7. The van der Waals surface area contributed by atoms with Crippen LogP contribution in [0.3, 0.4) is 0 Å². The predicted octanol–water partition coefficient (Wildman–Crippen LogP) is 4.93. The predicted molar refractivity (Wildman–Crippen MR) is 144 cm³/mol. The van der Waals surface area contributed by atoms with E-state index in [1.54, 1.807) is 0 Å². The number of hydrogen-bond donors (Lipinski definition) is 2. The molecule has 0 unspecified atom stereocenters. The summed E-state index contributed by atoms with van der Waals surface area (Å²) in [6, 6.07) is 1.34. The van der Waals surface area contributed by atoms with E-state index in [-0.39, 0.29) is 57.5 Å². The van der Waals surface area contributed by atoms with E-state index in [0.29, 0.717) is 19.3 Å². The Labute approximate surface area is 228 Å². The molecule has 3 aliphatic rings. The van der Waals surface area contributed by atoms with Crippen molar-refractivity contribution in [1.29, 1.82) is 0 Å². The topological polar surface area (TPSA) is 127 Å². The van der Waals surface area contributed by atoms with Crippen molar-refractivity contribution in [2.45, 2.75) is 72.8 Å². The summed E-state index contributed by atoms with van der Waals surface area (Å²) in [6.45, 7) is 9.01. The molecule has 0 aromatic heterocycles. The summed E-state index contributed by atoms with van der Waals surface area (Å²) < 4.78 is 5.98. The van der Waals surface area contributed by atoms with Crippen molar-refractivity contribution in [2.75, 3.05) is 0 Å². The lowest BCUT2D eigenvalue weighted by molar-refractivity contribution is -0.156. The molecule has 39 heavy (non-hydrogen) atoms. The number of rotatable bonds is 3. The fourth-order valence-corrected chi connectivity index (χ4v) is 5.55. The van der Waals surface area contributed by atoms with Gasteiger partial charge in [-0.1, -0.05) is 39.0 Å². The van der Waals surface area contributed by atoms with Gasteiger partial charge in [-0.15, -0.1) is 0 Å². The van der Waals surface area contributed by atoms with E-state index in [1.165, 1.54) is 26.0 Å². The summed E-state index contributed by atoms with van der Waals surface area (Å²) in [5.41, 5.74) is -2.70. The van der Waals surface area contributed by atoms with Crippen molar-refractivity contribution in [2.24, 2.45) is 17.3 Å². The number of phenols is 1. The molecule has 1 amide bonds. The van der Waals surface area contributed by atoms with Gasteiger partial charge in [0.15, 0.2) is 11.6 Å². The summed E-state index contributed by atoms with van der Waals surface area (Å²) in [5, 5.41) is 13.4. The third kappa shape index (κ3) is 5.12. The first-order valence-corrected chi connectivity index (χ1v) is 13.5. The van der Waals surface area contributed by atoms with Crippen molar-refractivity contribution < 1.29 is 33.8 Å². The molecule has 4 rings (SSSR count).